The summed E-state index contributed by atoms with van der Waals surface area (Å²) in [6, 6.07) is 0. The van der Waals surface area contributed by atoms with Gasteiger partial charge in [-0.3, -0.25) is 0 Å². The van der Waals surface area contributed by atoms with Crippen LogP contribution in [0.15, 0.2) is 11.6 Å². The number of allylic oxidation sites excluding steroid dienone is 2. The average molecular weight is 305 g/mol. The Bertz CT molecular complexity index is 306. The van der Waals surface area contributed by atoms with Gasteiger partial charge in [-0.15, -0.1) is 0 Å². The van der Waals surface area contributed by atoms with Crippen LogP contribution in [-0.4, -0.2) is 0 Å². The summed E-state index contributed by atoms with van der Waals surface area (Å²) in [5.41, 5.74) is 1.79. The van der Waals surface area contributed by atoms with Gasteiger partial charge in [0.1, 0.15) is 0 Å². The van der Waals surface area contributed by atoms with E-state index in [1.54, 1.807) is 18.4 Å². The summed E-state index contributed by atoms with van der Waals surface area (Å²) < 4.78 is 0. The molecule has 0 aromatic carbocycles. The van der Waals surface area contributed by atoms with Crippen molar-refractivity contribution in [3.63, 3.8) is 0 Å². The van der Waals surface area contributed by atoms with Crippen LogP contribution in [0.3, 0.4) is 0 Å². The third-order valence-electron chi connectivity index (χ3n) is 6.42. The van der Waals surface area contributed by atoms with E-state index in [1.165, 1.54) is 83.5 Å². The molecule has 1 fully saturated rings. The van der Waals surface area contributed by atoms with Gasteiger partial charge in [0.2, 0.25) is 0 Å². The third kappa shape index (κ3) is 6.09. The zero-order valence-corrected chi connectivity index (χ0v) is 15.4. The minimum absolute atomic E-state index is 1.03. The lowest BCUT2D eigenvalue weighted by molar-refractivity contribution is 0.185. The van der Waals surface area contributed by atoms with Gasteiger partial charge in [0.05, 0.1) is 0 Å². The molecule has 0 bridgehead atoms. The molecule has 1 saturated carbocycles. The first kappa shape index (κ1) is 18.1. The van der Waals surface area contributed by atoms with Crippen molar-refractivity contribution in [2.75, 3.05) is 0 Å². The number of rotatable bonds is 9. The van der Waals surface area contributed by atoms with Crippen LogP contribution in [0.2, 0.25) is 0 Å². The highest BCUT2D eigenvalue weighted by Crippen LogP contribution is 2.41. The summed E-state index contributed by atoms with van der Waals surface area (Å²) in [6.07, 6.45) is 24.6. The van der Waals surface area contributed by atoms with Crippen LogP contribution in [-0.2, 0) is 0 Å². The topological polar surface area (TPSA) is 0 Å². The molecular formula is C22H40. The molecule has 0 aromatic heterocycles. The van der Waals surface area contributed by atoms with E-state index in [9.17, 15) is 0 Å². The fourth-order valence-electron chi connectivity index (χ4n) is 4.80. The first-order chi connectivity index (χ1) is 10.8. The lowest BCUT2D eigenvalue weighted by Crippen LogP contribution is -2.23. The highest BCUT2D eigenvalue weighted by Gasteiger charge is 2.28. The van der Waals surface area contributed by atoms with E-state index in [2.05, 4.69) is 19.9 Å². The van der Waals surface area contributed by atoms with E-state index < -0.39 is 0 Å². The second-order valence-electron chi connectivity index (χ2n) is 8.13. The number of unbranched alkanes of at least 4 members (excludes halogenated alkanes) is 4. The fourth-order valence-corrected chi connectivity index (χ4v) is 4.80. The summed E-state index contributed by atoms with van der Waals surface area (Å²) >= 11 is 0. The van der Waals surface area contributed by atoms with Gasteiger partial charge in [0, 0.05) is 0 Å². The lowest BCUT2D eigenvalue weighted by atomic mass is 9.70. The van der Waals surface area contributed by atoms with Crippen LogP contribution < -0.4 is 0 Å². The predicted molar refractivity (Wildman–Crippen MR) is 99.2 cm³/mol. The van der Waals surface area contributed by atoms with Gasteiger partial charge in [-0.1, -0.05) is 76.9 Å². The van der Waals surface area contributed by atoms with Gasteiger partial charge in [-0.05, 0) is 62.7 Å². The fraction of sp³-hybridized carbons (Fsp3) is 0.909. The van der Waals surface area contributed by atoms with Crippen molar-refractivity contribution in [3.8, 4) is 0 Å². The molecule has 0 amide bonds. The highest BCUT2D eigenvalue weighted by atomic mass is 14.3. The maximum Gasteiger partial charge on any atom is -0.0317 e. The van der Waals surface area contributed by atoms with E-state index in [1.807, 2.05) is 0 Å². The molecule has 128 valence electrons. The second kappa shape index (κ2) is 10.5. The van der Waals surface area contributed by atoms with Crippen molar-refractivity contribution < 1.29 is 0 Å². The summed E-state index contributed by atoms with van der Waals surface area (Å²) in [5.74, 6) is 3.17. The van der Waals surface area contributed by atoms with Crippen LogP contribution in [0.5, 0.6) is 0 Å². The molecule has 2 aliphatic rings. The molecule has 0 saturated heterocycles. The maximum atomic E-state index is 2.64. The summed E-state index contributed by atoms with van der Waals surface area (Å²) in [6.45, 7) is 4.63. The summed E-state index contributed by atoms with van der Waals surface area (Å²) in [5, 5.41) is 0. The van der Waals surface area contributed by atoms with Crippen LogP contribution >= 0.6 is 0 Å². The van der Waals surface area contributed by atoms with Crippen LogP contribution in [0.1, 0.15) is 110 Å². The zero-order chi connectivity index (χ0) is 15.6. The van der Waals surface area contributed by atoms with Crippen molar-refractivity contribution in [2.45, 2.75) is 110 Å². The molecule has 2 aliphatic carbocycles. The molecule has 0 spiro atoms. The van der Waals surface area contributed by atoms with Crippen LogP contribution in [0, 0.1) is 17.8 Å². The summed E-state index contributed by atoms with van der Waals surface area (Å²) in [4.78, 5) is 0. The quantitative estimate of drug-likeness (QED) is 0.302. The molecule has 0 aliphatic heterocycles. The van der Waals surface area contributed by atoms with Gasteiger partial charge >= 0.3 is 0 Å². The predicted octanol–water partition coefficient (Wildman–Crippen LogP) is 7.68. The Morgan fingerprint density at radius 2 is 1.55 bits per heavy atom. The molecule has 0 aromatic rings. The Labute approximate surface area is 140 Å². The number of hydrogen-bond acceptors (Lipinski definition) is 0. The average Bonchev–Trinajstić information content (AvgIpc) is 2.57. The Balaban J connectivity index is 1.63. The third-order valence-corrected chi connectivity index (χ3v) is 6.42. The summed E-state index contributed by atoms with van der Waals surface area (Å²) in [7, 11) is 0. The smallest absolute Gasteiger partial charge is 0.0317 e. The lowest BCUT2D eigenvalue weighted by Gasteiger charge is -2.35. The van der Waals surface area contributed by atoms with E-state index in [0.29, 0.717) is 0 Å². The van der Waals surface area contributed by atoms with Crippen molar-refractivity contribution in [3.05, 3.63) is 11.6 Å². The SMILES string of the molecule is CCCCCC1=CCC(C2CCC(CCCCC)CC2)CC1. The van der Waals surface area contributed by atoms with Crippen molar-refractivity contribution in [1.82, 2.24) is 0 Å². The van der Waals surface area contributed by atoms with Crippen molar-refractivity contribution in [1.29, 1.82) is 0 Å². The Hall–Kier alpha value is -0.260. The normalized spacial score (nSPS) is 29.4. The van der Waals surface area contributed by atoms with E-state index >= 15 is 0 Å². The van der Waals surface area contributed by atoms with Crippen molar-refractivity contribution >= 4 is 0 Å². The van der Waals surface area contributed by atoms with E-state index in [-0.39, 0.29) is 0 Å². The molecular weight excluding hydrogens is 264 g/mol. The van der Waals surface area contributed by atoms with Crippen molar-refractivity contribution in [2.24, 2.45) is 17.8 Å². The van der Waals surface area contributed by atoms with Crippen LogP contribution in [0.25, 0.3) is 0 Å². The molecule has 0 nitrogen and oxygen atoms in total. The largest absolute Gasteiger partial charge is 0.0850 e. The Morgan fingerprint density at radius 3 is 2.18 bits per heavy atom. The first-order valence-electron chi connectivity index (χ1n) is 10.5. The molecule has 0 heteroatoms. The molecule has 1 atom stereocenters. The minimum Gasteiger partial charge on any atom is -0.0850 e. The molecule has 0 N–H and O–H groups in total. The molecule has 0 radical (unpaired) electrons. The minimum atomic E-state index is 1.03. The van der Waals surface area contributed by atoms with Gasteiger partial charge < -0.3 is 0 Å². The van der Waals surface area contributed by atoms with E-state index in [4.69, 9.17) is 0 Å². The molecule has 0 heterocycles. The highest BCUT2D eigenvalue weighted by molar-refractivity contribution is 5.07. The van der Waals surface area contributed by atoms with Gasteiger partial charge in [0.15, 0.2) is 0 Å². The first-order valence-corrected chi connectivity index (χ1v) is 10.5. The van der Waals surface area contributed by atoms with Crippen LogP contribution in [0.4, 0.5) is 0 Å². The van der Waals surface area contributed by atoms with E-state index in [0.717, 1.165) is 17.8 Å². The standard InChI is InChI=1S/C22H40/c1-3-5-7-9-19-11-15-21(16-12-19)22-17-13-20(14-18-22)10-8-6-4-2/h11,20-22H,3-10,12-18H2,1-2H3. The van der Waals surface area contributed by atoms with Gasteiger partial charge in [0.25, 0.3) is 0 Å². The monoisotopic (exact) mass is 304 g/mol. The number of hydrogen-bond donors (Lipinski definition) is 0. The second-order valence-corrected chi connectivity index (χ2v) is 8.13. The molecule has 22 heavy (non-hydrogen) atoms. The maximum absolute atomic E-state index is 2.64. The molecule has 1 unspecified atom stereocenters. The van der Waals surface area contributed by atoms with Gasteiger partial charge in [-0.2, -0.15) is 0 Å². The van der Waals surface area contributed by atoms with Gasteiger partial charge in [-0.25, -0.2) is 0 Å². The Kier molecular flexibility index (Phi) is 8.63. The molecule has 2 rings (SSSR count). The Morgan fingerprint density at radius 1 is 0.818 bits per heavy atom. The zero-order valence-electron chi connectivity index (χ0n) is 15.4.